The molecular weight excluding hydrogens is 462 g/mol. The minimum absolute atomic E-state index is 0.0944. The summed E-state index contributed by atoms with van der Waals surface area (Å²) in [6.07, 6.45) is 7.95. The first-order chi connectivity index (χ1) is 18.2. The maximum atomic E-state index is 12.5. The predicted octanol–water partition coefficient (Wildman–Crippen LogP) is 6.37. The lowest BCUT2D eigenvalue weighted by molar-refractivity contribution is 0.106. The maximum absolute atomic E-state index is 12.5. The second-order valence-electron chi connectivity index (χ2n) is 9.52. The maximum Gasteiger partial charge on any atom is 0.193 e. The minimum atomic E-state index is -0.614. The third kappa shape index (κ3) is 8.59. The molecular formula is C32H37NO4. The van der Waals surface area contributed by atoms with E-state index < -0.39 is 6.10 Å². The van der Waals surface area contributed by atoms with E-state index in [1.165, 1.54) is 50.2 Å². The molecule has 194 valence electrons. The topological polar surface area (TPSA) is 71.7 Å². The van der Waals surface area contributed by atoms with E-state index >= 15 is 0 Å². The van der Waals surface area contributed by atoms with E-state index in [0.29, 0.717) is 29.0 Å². The molecule has 2 N–H and O–H groups in total. The van der Waals surface area contributed by atoms with E-state index in [4.69, 9.17) is 9.15 Å². The molecule has 0 amide bonds. The van der Waals surface area contributed by atoms with Crippen LogP contribution in [0.1, 0.15) is 44.1 Å². The summed E-state index contributed by atoms with van der Waals surface area (Å²) in [5.41, 5.74) is 2.65. The molecule has 0 aliphatic heterocycles. The van der Waals surface area contributed by atoms with Crippen LogP contribution in [0.4, 0.5) is 0 Å². The van der Waals surface area contributed by atoms with Crippen molar-refractivity contribution in [2.24, 2.45) is 0 Å². The molecule has 0 radical (unpaired) electrons. The Bertz CT molecular complexity index is 1270. The van der Waals surface area contributed by atoms with Gasteiger partial charge in [0, 0.05) is 24.2 Å². The summed E-state index contributed by atoms with van der Waals surface area (Å²) in [7, 11) is 0. The molecule has 0 saturated heterocycles. The quantitative estimate of drug-likeness (QED) is 0.186. The number of fused-ring (bicyclic) bond motifs is 1. The Morgan fingerprint density at radius 3 is 2.30 bits per heavy atom. The highest BCUT2D eigenvalue weighted by atomic mass is 16.5. The summed E-state index contributed by atoms with van der Waals surface area (Å²) < 4.78 is 11.7. The zero-order valence-corrected chi connectivity index (χ0v) is 21.4. The molecule has 5 heteroatoms. The molecule has 0 aliphatic carbocycles. The molecule has 0 aliphatic rings. The van der Waals surface area contributed by atoms with Crippen LogP contribution < -0.4 is 15.5 Å². The average molecular weight is 500 g/mol. The average Bonchev–Trinajstić information content (AvgIpc) is 2.93. The van der Waals surface area contributed by atoms with Crippen LogP contribution in [0.5, 0.6) is 5.75 Å². The summed E-state index contributed by atoms with van der Waals surface area (Å²) in [6.45, 7) is 1.55. The fourth-order valence-corrected chi connectivity index (χ4v) is 4.42. The van der Waals surface area contributed by atoms with Crippen molar-refractivity contribution in [1.29, 1.82) is 0 Å². The Morgan fingerprint density at radius 2 is 1.51 bits per heavy atom. The largest absolute Gasteiger partial charge is 0.491 e. The Kier molecular flexibility index (Phi) is 10.3. The van der Waals surface area contributed by atoms with Gasteiger partial charge in [0.2, 0.25) is 0 Å². The Morgan fingerprint density at radius 1 is 0.811 bits per heavy atom. The molecule has 0 spiro atoms. The van der Waals surface area contributed by atoms with Gasteiger partial charge < -0.3 is 19.6 Å². The number of rotatable bonds is 15. The van der Waals surface area contributed by atoms with Crippen molar-refractivity contribution in [3.8, 4) is 17.1 Å². The predicted molar refractivity (Wildman–Crippen MR) is 150 cm³/mol. The highest BCUT2D eigenvalue weighted by Crippen LogP contribution is 2.25. The third-order valence-corrected chi connectivity index (χ3v) is 6.49. The lowest BCUT2D eigenvalue weighted by atomic mass is 10.1. The number of aliphatic hydroxyl groups is 1. The molecule has 3 aromatic carbocycles. The first-order valence-electron chi connectivity index (χ1n) is 13.4. The van der Waals surface area contributed by atoms with Crippen LogP contribution >= 0.6 is 0 Å². The van der Waals surface area contributed by atoms with E-state index in [2.05, 4.69) is 35.6 Å². The fourth-order valence-electron chi connectivity index (χ4n) is 4.42. The first-order valence-corrected chi connectivity index (χ1v) is 13.4. The van der Waals surface area contributed by atoms with Crippen LogP contribution in [-0.2, 0) is 6.42 Å². The summed E-state index contributed by atoms with van der Waals surface area (Å²) in [4.78, 5) is 12.5. The van der Waals surface area contributed by atoms with Gasteiger partial charge in [-0.1, -0.05) is 86.3 Å². The van der Waals surface area contributed by atoms with E-state index in [9.17, 15) is 9.90 Å². The summed E-state index contributed by atoms with van der Waals surface area (Å²) in [5, 5.41) is 14.1. The SMILES string of the molecule is O=c1cc(-c2ccccc2)oc2cc(OCC(O)CNCCCCCCCCc3ccccc3)ccc12. The molecule has 0 saturated carbocycles. The second kappa shape index (κ2) is 14.4. The second-order valence-corrected chi connectivity index (χ2v) is 9.52. The summed E-state index contributed by atoms with van der Waals surface area (Å²) in [6, 6.07) is 26.9. The van der Waals surface area contributed by atoms with Crippen molar-refractivity contribution in [2.45, 2.75) is 51.0 Å². The van der Waals surface area contributed by atoms with Crippen molar-refractivity contribution in [3.05, 3.63) is 101 Å². The van der Waals surface area contributed by atoms with Gasteiger partial charge >= 0.3 is 0 Å². The van der Waals surface area contributed by atoms with E-state index in [1.54, 1.807) is 18.2 Å². The Balaban J connectivity index is 1.11. The zero-order valence-electron chi connectivity index (χ0n) is 21.4. The van der Waals surface area contributed by atoms with Gasteiger partial charge in [-0.05, 0) is 43.5 Å². The van der Waals surface area contributed by atoms with Gasteiger partial charge in [0.25, 0.3) is 0 Å². The van der Waals surface area contributed by atoms with Gasteiger partial charge in [0.15, 0.2) is 5.43 Å². The summed E-state index contributed by atoms with van der Waals surface area (Å²) >= 11 is 0. The number of hydrogen-bond donors (Lipinski definition) is 2. The minimum Gasteiger partial charge on any atom is -0.491 e. The molecule has 1 heterocycles. The van der Waals surface area contributed by atoms with Crippen molar-refractivity contribution >= 4 is 11.0 Å². The monoisotopic (exact) mass is 499 g/mol. The van der Waals surface area contributed by atoms with Crippen LogP contribution in [0.2, 0.25) is 0 Å². The molecule has 4 rings (SSSR count). The fraction of sp³-hybridized carbons (Fsp3) is 0.344. The van der Waals surface area contributed by atoms with E-state index in [1.807, 2.05) is 30.3 Å². The van der Waals surface area contributed by atoms with Crippen LogP contribution in [-0.4, -0.2) is 30.9 Å². The van der Waals surface area contributed by atoms with Gasteiger partial charge in [0.05, 0.1) is 5.39 Å². The van der Waals surface area contributed by atoms with Gasteiger partial charge in [-0.25, -0.2) is 0 Å². The molecule has 1 unspecified atom stereocenters. The molecule has 37 heavy (non-hydrogen) atoms. The van der Waals surface area contributed by atoms with Crippen molar-refractivity contribution in [2.75, 3.05) is 19.7 Å². The molecule has 1 aromatic heterocycles. The third-order valence-electron chi connectivity index (χ3n) is 6.49. The first kappa shape index (κ1) is 26.6. The van der Waals surface area contributed by atoms with Crippen LogP contribution in [0.15, 0.2) is 94.1 Å². The smallest absolute Gasteiger partial charge is 0.193 e. The highest BCUT2D eigenvalue weighted by molar-refractivity contribution is 5.80. The number of ether oxygens (including phenoxy) is 1. The van der Waals surface area contributed by atoms with Crippen molar-refractivity contribution in [3.63, 3.8) is 0 Å². The van der Waals surface area contributed by atoms with E-state index in [-0.39, 0.29) is 12.0 Å². The number of unbranched alkanes of at least 4 members (excludes halogenated alkanes) is 5. The van der Waals surface area contributed by atoms with Crippen molar-refractivity contribution in [1.82, 2.24) is 5.32 Å². The van der Waals surface area contributed by atoms with Crippen LogP contribution in [0.25, 0.3) is 22.3 Å². The highest BCUT2D eigenvalue weighted by Gasteiger charge is 2.10. The van der Waals surface area contributed by atoms with Crippen molar-refractivity contribution < 1.29 is 14.3 Å². The molecule has 0 fully saturated rings. The van der Waals surface area contributed by atoms with Crippen LogP contribution in [0, 0.1) is 0 Å². The number of nitrogens with one attached hydrogen (secondary N) is 1. The Labute approximate surface area is 219 Å². The van der Waals surface area contributed by atoms with Gasteiger partial charge in [-0.15, -0.1) is 0 Å². The van der Waals surface area contributed by atoms with Gasteiger partial charge in [-0.3, -0.25) is 4.79 Å². The Hall–Kier alpha value is -3.41. The zero-order chi connectivity index (χ0) is 25.7. The normalized spacial score (nSPS) is 12.0. The lowest BCUT2D eigenvalue weighted by Gasteiger charge is -2.13. The molecule has 4 aromatic rings. The standard InChI is InChI=1S/C32H37NO4/c34-27(23-33-20-12-4-2-1-3-7-13-25-14-8-5-9-15-25)24-36-28-18-19-29-30(35)22-31(37-32(29)21-28)26-16-10-6-11-17-26/h5-6,8-11,14-19,21-22,27,33-34H,1-4,7,12-13,20,23-24H2. The summed E-state index contributed by atoms with van der Waals surface area (Å²) in [5.74, 6) is 1.08. The number of benzene rings is 3. The van der Waals surface area contributed by atoms with E-state index in [0.717, 1.165) is 18.5 Å². The van der Waals surface area contributed by atoms with Gasteiger partial charge in [0.1, 0.15) is 29.8 Å². The molecule has 0 bridgehead atoms. The lowest BCUT2D eigenvalue weighted by Crippen LogP contribution is -2.32. The molecule has 1 atom stereocenters. The number of aryl methyl sites for hydroxylation is 1. The number of hydrogen-bond acceptors (Lipinski definition) is 5. The number of aliphatic hydroxyl groups excluding tert-OH is 1. The van der Waals surface area contributed by atoms with Crippen LogP contribution in [0.3, 0.4) is 0 Å². The molecule has 5 nitrogen and oxygen atoms in total. The van der Waals surface area contributed by atoms with Gasteiger partial charge in [-0.2, -0.15) is 0 Å².